The van der Waals surface area contributed by atoms with Crippen LogP contribution in [0.1, 0.15) is 11.1 Å². The molecule has 0 spiro atoms. The largest absolute Gasteiger partial charge is 0.497 e. The van der Waals surface area contributed by atoms with Crippen LogP contribution < -0.4 is 10.1 Å². The van der Waals surface area contributed by atoms with E-state index in [2.05, 4.69) is 43.6 Å². The van der Waals surface area contributed by atoms with Crippen LogP contribution in [0.5, 0.6) is 11.6 Å². The zero-order chi connectivity index (χ0) is 22.7. The molecule has 6 nitrogen and oxygen atoms in total. The molecule has 1 heterocycles. The number of nitrogens with one attached hydrogen (secondary N) is 1. The van der Waals surface area contributed by atoms with Gasteiger partial charge in [-0.15, -0.1) is 10.2 Å². The van der Waals surface area contributed by atoms with Crippen LogP contribution in [0.15, 0.2) is 81.4 Å². The zero-order valence-corrected chi connectivity index (χ0v) is 19.9. The number of anilines is 1. The number of aromatic nitrogens is 1. The Balaban J connectivity index is 1.65. The minimum absolute atomic E-state index is 0.0339. The van der Waals surface area contributed by atoms with Gasteiger partial charge in [-0.1, -0.05) is 51.8 Å². The maximum Gasteiger partial charge on any atom is 0.221 e. The highest BCUT2D eigenvalue weighted by Crippen LogP contribution is 2.40. The van der Waals surface area contributed by atoms with E-state index in [9.17, 15) is 5.11 Å². The van der Waals surface area contributed by atoms with Crippen LogP contribution in [0, 0.1) is 6.92 Å². The van der Waals surface area contributed by atoms with Crippen molar-refractivity contribution in [2.45, 2.75) is 13.5 Å². The first-order valence-electron chi connectivity index (χ1n) is 9.87. The summed E-state index contributed by atoms with van der Waals surface area (Å²) >= 11 is 8.82. The second kappa shape index (κ2) is 9.50. The number of thiocarbonyl (C=S) groups is 1. The number of fused-ring (bicyclic) bond motifs is 1. The van der Waals surface area contributed by atoms with Gasteiger partial charge in [-0.3, -0.25) is 0 Å². The van der Waals surface area contributed by atoms with Gasteiger partial charge in [-0.25, -0.2) is 0 Å². The van der Waals surface area contributed by atoms with Crippen LogP contribution in [0.3, 0.4) is 0 Å². The van der Waals surface area contributed by atoms with Crippen molar-refractivity contribution in [2.75, 3.05) is 12.4 Å². The Bertz CT molecular complexity index is 1320. The van der Waals surface area contributed by atoms with Gasteiger partial charge in [-0.2, -0.15) is 0 Å². The van der Waals surface area contributed by atoms with E-state index < -0.39 is 0 Å². The second-order valence-electron chi connectivity index (χ2n) is 7.27. The van der Waals surface area contributed by atoms with Crippen LogP contribution >= 0.6 is 28.1 Å². The highest BCUT2D eigenvalue weighted by atomic mass is 79.9. The molecule has 0 aliphatic carbocycles. The number of rotatable bonds is 5. The lowest BCUT2D eigenvalue weighted by Gasteiger charge is -2.07. The number of nitrogens with zero attached hydrogens (tertiary/aromatic N) is 3. The van der Waals surface area contributed by atoms with Gasteiger partial charge in [0.05, 0.1) is 19.2 Å². The van der Waals surface area contributed by atoms with Crippen molar-refractivity contribution in [1.29, 1.82) is 0 Å². The number of azo groups is 1. The highest BCUT2D eigenvalue weighted by molar-refractivity contribution is 9.10. The highest BCUT2D eigenvalue weighted by Gasteiger charge is 2.17. The molecule has 0 saturated heterocycles. The van der Waals surface area contributed by atoms with Crippen molar-refractivity contribution < 1.29 is 9.84 Å². The molecule has 0 saturated carbocycles. The fraction of sp³-hybridized carbons (Fsp3) is 0.125. The fourth-order valence-corrected chi connectivity index (χ4v) is 3.89. The summed E-state index contributed by atoms with van der Waals surface area (Å²) in [6.07, 6.45) is 0. The Morgan fingerprint density at radius 1 is 1.12 bits per heavy atom. The summed E-state index contributed by atoms with van der Waals surface area (Å²) < 4.78 is 7.92. The van der Waals surface area contributed by atoms with E-state index >= 15 is 0 Å². The van der Waals surface area contributed by atoms with E-state index in [1.807, 2.05) is 66.1 Å². The smallest absolute Gasteiger partial charge is 0.221 e. The summed E-state index contributed by atoms with van der Waals surface area (Å²) in [5.74, 6) is 0.739. The van der Waals surface area contributed by atoms with Gasteiger partial charge in [0.15, 0.2) is 5.69 Å². The third kappa shape index (κ3) is 4.81. The summed E-state index contributed by atoms with van der Waals surface area (Å²) in [5.41, 5.74) is 4.22. The van der Waals surface area contributed by atoms with E-state index in [1.165, 1.54) is 5.56 Å². The van der Waals surface area contributed by atoms with E-state index in [-0.39, 0.29) is 11.0 Å². The van der Waals surface area contributed by atoms with E-state index in [0.29, 0.717) is 18.0 Å². The normalized spacial score (nSPS) is 11.2. The lowest BCUT2D eigenvalue weighted by molar-refractivity contribution is 0.415. The molecule has 8 heteroatoms. The number of aromatic hydroxyl groups is 1. The molecule has 1 aromatic heterocycles. The molecule has 3 aromatic carbocycles. The molecule has 4 aromatic rings. The van der Waals surface area contributed by atoms with Gasteiger partial charge >= 0.3 is 0 Å². The first-order valence-corrected chi connectivity index (χ1v) is 11.1. The van der Waals surface area contributed by atoms with Crippen molar-refractivity contribution in [2.24, 2.45) is 10.2 Å². The number of methoxy groups -OCH3 is 1. The molecule has 0 atom stereocenters. The number of halogens is 1. The van der Waals surface area contributed by atoms with Crippen molar-refractivity contribution in [3.05, 3.63) is 82.3 Å². The van der Waals surface area contributed by atoms with Crippen molar-refractivity contribution in [1.82, 2.24) is 4.57 Å². The molecule has 0 radical (unpaired) electrons. The second-order valence-corrected chi connectivity index (χ2v) is 8.57. The molecule has 0 fully saturated rings. The predicted molar refractivity (Wildman–Crippen MR) is 135 cm³/mol. The van der Waals surface area contributed by atoms with E-state index in [4.69, 9.17) is 17.0 Å². The van der Waals surface area contributed by atoms with Gasteiger partial charge in [-0.05, 0) is 55.0 Å². The Morgan fingerprint density at radius 2 is 1.91 bits per heavy atom. The van der Waals surface area contributed by atoms with E-state index in [1.54, 1.807) is 7.11 Å². The van der Waals surface area contributed by atoms with Gasteiger partial charge in [0.2, 0.25) is 11.0 Å². The maximum atomic E-state index is 11.0. The average molecular weight is 509 g/mol. The molecule has 4 rings (SSSR count). The fourth-order valence-electron chi connectivity index (χ4n) is 3.38. The Kier molecular flexibility index (Phi) is 6.53. The minimum Gasteiger partial charge on any atom is -0.497 e. The number of aryl methyl sites for hydroxylation is 1. The Labute approximate surface area is 199 Å². The summed E-state index contributed by atoms with van der Waals surface area (Å²) in [6.45, 7) is 2.55. The number of hydrogen-bond donors (Lipinski definition) is 2. The van der Waals surface area contributed by atoms with Crippen LogP contribution in [0.4, 0.5) is 11.4 Å². The SMILES string of the molecule is COc1cccc(NC(=S)N=Nc2c(O)n(Cc3ccc(C)cc3)c3ccc(Br)cc23)c1. The number of benzene rings is 3. The molecular formula is C24H21BrN4O2S. The maximum absolute atomic E-state index is 11.0. The summed E-state index contributed by atoms with van der Waals surface area (Å²) in [6, 6.07) is 21.3. The Morgan fingerprint density at radius 3 is 2.66 bits per heavy atom. The molecule has 0 bridgehead atoms. The van der Waals surface area contributed by atoms with Crippen LogP contribution in [0.25, 0.3) is 10.9 Å². The topological polar surface area (TPSA) is 71.1 Å². The third-order valence-corrected chi connectivity index (χ3v) is 5.67. The molecule has 0 aliphatic rings. The lowest BCUT2D eigenvalue weighted by Crippen LogP contribution is -2.04. The summed E-state index contributed by atoms with van der Waals surface area (Å²) in [7, 11) is 1.60. The van der Waals surface area contributed by atoms with Gasteiger partial charge < -0.3 is 19.7 Å². The third-order valence-electron chi connectivity index (χ3n) is 5.00. The van der Waals surface area contributed by atoms with Crippen molar-refractivity contribution in [3.8, 4) is 11.6 Å². The minimum atomic E-state index is 0.0339. The zero-order valence-electron chi connectivity index (χ0n) is 17.5. The lowest BCUT2D eigenvalue weighted by atomic mass is 10.1. The number of hydrogen-bond acceptors (Lipinski definition) is 4. The Hall–Kier alpha value is -3.23. The van der Waals surface area contributed by atoms with Crippen LogP contribution in [0.2, 0.25) is 0 Å². The standard InChI is InChI=1S/C24H21BrN4O2S/c1-15-6-8-16(9-7-15)14-29-21-11-10-17(25)12-20(21)22(23(29)30)27-28-24(32)26-18-4-3-5-19(13-18)31-2/h3-13,30H,14H2,1-2H3,(H,26,32). The van der Waals surface area contributed by atoms with Gasteiger partial charge in [0, 0.05) is 21.6 Å². The van der Waals surface area contributed by atoms with Gasteiger partial charge in [0.1, 0.15) is 5.75 Å². The first-order chi connectivity index (χ1) is 15.4. The molecular weight excluding hydrogens is 488 g/mol. The summed E-state index contributed by atoms with van der Waals surface area (Å²) in [4.78, 5) is 0. The quantitative estimate of drug-likeness (QED) is 0.226. The molecule has 0 unspecified atom stereocenters. The van der Waals surface area contributed by atoms with Crippen LogP contribution in [-0.4, -0.2) is 21.9 Å². The summed E-state index contributed by atoms with van der Waals surface area (Å²) in [5, 5.41) is 23.4. The molecule has 162 valence electrons. The molecule has 0 aliphatic heterocycles. The predicted octanol–water partition coefficient (Wildman–Crippen LogP) is 6.96. The van der Waals surface area contributed by atoms with Gasteiger partial charge in [0.25, 0.3) is 0 Å². The average Bonchev–Trinajstić information content (AvgIpc) is 3.04. The van der Waals surface area contributed by atoms with Crippen molar-refractivity contribution >= 4 is 55.5 Å². The van der Waals surface area contributed by atoms with Crippen molar-refractivity contribution in [3.63, 3.8) is 0 Å². The molecule has 0 amide bonds. The van der Waals surface area contributed by atoms with Crippen LogP contribution in [-0.2, 0) is 6.54 Å². The molecule has 2 N–H and O–H groups in total. The number of ether oxygens (including phenoxy) is 1. The first kappa shape index (κ1) is 22.0. The van der Waals surface area contributed by atoms with E-state index in [0.717, 1.165) is 26.6 Å². The molecule has 32 heavy (non-hydrogen) atoms. The monoisotopic (exact) mass is 508 g/mol.